The van der Waals surface area contributed by atoms with Crippen molar-refractivity contribution >= 4 is 32.9 Å². The van der Waals surface area contributed by atoms with Crippen molar-refractivity contribution in [3.63, 3.8) is 0 Å². The molecular weight excluding hydrogens is 396 g/mol. The highest BCUT2D eigenvalue weighted by molar-refractivity contribution is 7.85. The van der Waals surface area contributed by atoms with E-state index >= 15 is 0 Å². The molecule has 0 aliphatic heterocycles. The standard InChI is InChI=1S/C24H32N2O3S/c1-17-11-9-12-18(2)23(17)25-21(5)22(15-7-6-8-16-30(27,28)29)26-24-19(3)13-10-14-20(24)4/h9-14H,6-8,15-16H2,1-5H3,(H,27,28,29)/p-1. The maximum Gasteiger partial charge on any atom is 0.0945 e. The Morgan fingerprint density at radius 2 is 1.27 bits per heavy atom. The molecule has 0 spiro atoms. The minimum Gasteiger partial charge on any atom is -0.748 e. The van der Waals surface area contributed by atoms with Gasteiger partial charge in [-0.2, -0.15) is 0 Å². The first-order valence-electron chi connectivity index (χ1n) is 10.3. The van der Waals surface area contributed by atoms with Crippen molar-refractivity contribution in [2.75, 3.05) is 5.75 Å². The fourth-order valence-corrected chi connectivity index (χ4v) is 3.95. The lowest BCUT2D eigenvalue weighted by molar-refractivity contribution is 0.460. The fraction of sp³-hybridized carbons (Fsp3) is 0.417. The van der Waals surface area contributed by atoms with E-state index in [1.54, 1.807) is 0 Å². The lowest BCUT2D eigenvalue weighted by atomic mass is 10.0. The van der Waals surface area contributed by atoms with E-state index in [0.29, 0.717) is 19.3 Å². The quantitative estimate of drug-likeness (QED) is 0.284. The Morgan fingerprint density at radius 3 is 1.73 bits per heavy atom. The molecule has 0 unspecified atom stereocenters. The molecule has 0 radical (unpaired) electrons. The van der Waals surface area contributed by atoms with Crippen LogP contribution in [0.2, 0.25) is 0 Å². The molecule has 0 fully saturated rings. The molecule has 0 heterocycles. The van der Waals surface area contributed by atoms with Crippen LogP contribution in [0.25, 0.3) is 0 Å². The molecule has 0 aromatic heterocycles. The topological polar surface area (TPSA) is 81.9 Å². The number of unbranched alkanes of at least 4 members (excludes halogenated alkanes) is 2. The van der Waals surface area contributed by atoms with Crippen molar-refractivity contribution in [1.82, 2.24) is 0 Å². The number of nitrogens with zero attached hydrogens (tertiary/aromatic N) is 2. The van der Waals surface area contributed by atoms with Gasteiger partial charge >= 0.3 is 0 Å². The summed E-state index contributed by atoms with van der Waals surface area (Å²) in [6.07, 6.45) is 2.45. The first kappa shape index (κ1) is 24.0. The summed E-state index contributed by atoms with van der Waals surface area (Å²) in [5, 5.41) is 0. The van der Waals surface area contributed by atoms with Gasteiger partial charge < -0.3 is 4.55 Å². The Kier molecular flexibility index (Phi) is 8.50. The number of hydrogen-bond acceptors (Lipinski definition) is 5. The van der Waals surface area contributed by atoms with E-state index in [0.717, 1.165) is 51.5 Å². The van der Waals surface area contributed by atoms with Crippen molar-refractivity contribution in [3.8, 4) is 0 Å². The van der Waals surface area contributed by atoms with Gasteiger partial charge in [0.15, 0.2) is 0 Å². The van der Waals surface area contributed by atoms with Gasteiger partial charge in [-0.3, -0.25) is 9.98 Å². The van der Waals surface area contributed by atoms with Crippen molar-refractivity contribution in [2.45, 2.75) is 60.3 Å². The monoisotopic (exact) mass is 427 g/mol. The molecule has 5 nitrogen and oxygen atoms in total. The van der Waals surface area contributed by atoms with E-state index in [4.69, 9.17) is 9.98 Å². The van der Waals surface area contributed by atoms with Gasteiger partial charge in [0, 0.05) is 5.75 Å². The smallest absolute Gasteiger partial charge is 0.0945 e. The van der Waals surface area contributed by atoms with Gasteiger partial charge in [-0.1, -0.05) is 42.8 Å². The molecule has 0 bridgehead atoms. The summed E-state index contributed by atoms with van der Waals surface area (Å²) in [6.45, 7) is 10.1. The summed E-state index contributed by atoms with van der Waals surface area (Å²) in [4.78, 5) is 9.86. The Morgan fingerprint density at radius 1 is 0.800 bits per heavy atom. The fourth-order valence-electron chi connectivity index (χ4n) is 3.40. The van der Waals surface area contributed by atoms with E-state index in [9.17, 15) is 13.0 Å². The molecule has 6 heteroatoms. The average Bonchev–Trinajstić information content (AvgIpc) is 2.65. The molecule has 30 heavy (non-hydrogen) atoms. The minimum atomic E-state index is -4.16. The maximum absolute atomic E-state index is 10.8. The molecular formula is C24H31N2O3S-. The number of benzene rings is 2. The van der Waals surface area contributed by atoms with Crippen LogP contribution in [0.1, 0.15) is 54.9 Å². The first-order valence-corrected chi connectivity index (χ1v) is 11.9. The first-order chi connectivity index (χ1) is 14.1. The van der Waals surface area contributed by atoms with Crippen LogP contribution >= 0.6 is 0 Å². The van der Waals surface area contributed by atoms with Crippen LogP contribution in [-0.2, 0) is 10.1 Å². The maximum atomic E-state index is 10.8. The second kappa shape index (κ2) is 10.6. The molecule has 162 valence electrons. The van der Waals surface area contributed by atoms with Gasteiger partial charge in [-0.25, -0.2) is 8.42 Å². The molecule has 0 amide bonds. The van der Waals surface area contributed by atoms with Crippen LogP contribution in [0.4, 0.5) is 11.4 Å². The third-order valence-electron chi connectivity index (χ3n) is 5.13. The molecule has 0 aliphatic rings. The average molecular weight is 428 g/mol. The van der Waals surface area contributed by atoms with Crippen molar-refractivity contribution in [3.05, 3.63) is 58.7 Å². The molecule has 0 N–H and O–H groups in total. The third kappa shape index (κ3) is 7.18. The van der Waals surface area contributed by atoms with Crippen molar-refractivity contribution < 1.29 is 13.0 Å². The van der Waals surface area contributed by atoms with Gasteiger partial charge in [0.25, 0.3) is 0 Å². The predicted octanol–water partition coefficient (Wildman–Crippen LogP) is 5.89. The molecule has 0 atom stereocenters. The Bertz CT molecular complexity index is 1010. The van der Waals surface area contributed by atoms with Crippen molar-refractivity contribution in [2.24, 2.45) is 9.98 Å². The zero-order chi connectivity index (χ0) is 22.3. The highest BCUT2D eigenvalue weighted by atomic mass is 32.2. The lowest BCUT2D eigenvalue weighted by Crippen LogP contribution is -2.11. The zero-order valence-corrected chi connectivity index (χ0v) is 19.3. The summed E-state index contributed by atoms with van der Waals surface area (Å²) in [5.41, 5.74) is 8.08. The molecule has 2 aromatic rings. The molecule has 2 aromatic carbocycles. The molecule has 0 aliphatic carbocycles. The number of rotatable bonds is 9. The lowest BCUT2D eigenvalue weighted by Gasteiger charge is -2.12. The van der Waals surface area contributed by atoms with Crippen LogP contribution in [0.3, 0.4) is 0 Å². The van der Waals surface area contributed by atoms with E-state index in [1.165, 1.54) is 0 Å². The van der Waals surface area contributed by atoms with E-state index in [-0.39, 0.29) is 5.75 Å². The highest BCUT2D eigenvalue weighted by Gasteiger charge is 2.10. The van der Waals surface area contributed by atoms with E-state index in [2.05, 4.69) is 0 Å². The summed E-state index contributed by atoms with van der Waals surface area (Å²) >= 11 is 0. The Balaban J connectivity index is 2.33. The second-order valence-electron chi connectivity index (χ2n) is 7.81. The number of aryl methyl sites for hydroxylation is 4. The molecule has 2 rings (SSSR count). The van der Waals surface area contributed by atoms with Gasteiger partial charge in [0.1, 0.15) is 0 Å². The van der Waals surface area contributed by atoms with Gasteiger partial charge in [-0.05, 0) is 76.1 Å². The Hall–Kier alpha value is -2.31. The highest BCUT2D eigenvalue weighted by Crippen LogP contribution is 2.26. The second-order valence-corrected chi connectivity index (χ2v) is 9.33. The van der Waals surface area contributed by atoms with Crippen molar-refractivity contribution in [1.29, 1.82) is 0 Å². The summed E-state index contributed by atoms with van der Waals surface area (Å²) in [7, 11) is -4.16. The molecule has 0 saturated heterocycles. The van der Waals surface area contributed by atoms with Crippen LogP contribution in [0.15, 0.2) is 46.4 Å². The summed E-state index contributed by atoms with van der Waals surface area (Å²) in [6, 6.07) is 12.2. The number of hydrogen-bond donors (Lipinski definition) is 0. The van der Waals surface area contributed by atoms with Crippen LogP contribution in [0.5, 0.6) is 0 Å². The van der Waals surface area contributed by atoms with Gasteiger partial charge in [0.2, 0.25) is 0 Å². The van der Waals surface area contributed by atoms with Crippen LogP contribution in [-0.4, -0.2) is 30.1 Å². The van der Waals surface area contributed by atoms with Gasteiger partial charge in [0.05, 0.1) is 32.9 Å². The minimum absolute atomic E-state index is 0.314. The van der Waals surface area contributed by atoms with E-state index < -0.39 is 10.1 Å². The van der Waals surface area contributed by atoms with E-state index in [1.807, 2.05) is 71.0 Å². The number of aliphatic imine (C=N–C) groups is 2. The third-order valence-corrected chi connectivity index (χ3v) is 5.92. The summed E-state index contributed by atoms with van der Waals surface area (Å²) in [5.74, 6) is -0.314. The van der Waals surface area contributed by atoms with Gasteiger partial charge in [-0.15, -0.1) is 0 Å². The van der Waals surface area contributed by atoms with Crippen LogP contribution < -0.4 is 0 Å². The summed E-state index contributed by atoms with van der Waals surface area (Å²) < 4.78 is 32.5. The SMILES string of the molecule is CC(=Nc1c(C)cccc1C)C(CCCCCS(=O)(=O)[O-])=Nc1c(C)cccc1C. The normalized spacial score (nSPS) is 13.0. The predicted molar refractivity (Wildman–Crippen MR) is 125 cm³/mol. The van der Waals surface area contributed by atoms with Crippen LogP contribution in [0, 0.1) is 27.7 Å². The zero-order valence-electron chi connectivity index (χ0n) is 18.5. The Labute approximate surface area is 180 Å². The molecule has 0 saturated carbocycles. The largest absolute Gasteiger partial charge is 0.748 e. The number of para-hydroxylation sites is 2.